The van der Waals surface area contributed by atoms with Gasteiger partial charge in [-0.25, -0.2) is 9.78 Å². The number of aromatic nitrogens is 1. The number of rotatable bonds is 4. The summed E-state index contributed by atoms with van der Waals surface area (Å²) in [6.45, 7) is 3.30. The molecule has 0 aliphatic rings. The summed E-state index contributed by atoms with van der Waals surface area (Å²) < 4.78 is 11.6. The minimum atomic E-state index is -0.607. The maximum Gasteiger partial charge on any atom is 0.358 e. The number of ether oxygens (including phenoxy) is 1. The van der Waals surface area contributed by atoms with Gasteiger partial charge in [0.15, 0.2) is 26.9 Å². The predicted octanol–water partition coefficient (Wildman–Crippen LogP) is 4.31. The molecule has 0 saturated carbocycles. The standard InChI is InChI=1S/C12H9Br2NO4S/c1-3-18-12(17)8-9(5(2)16)20-11(15-8)7-4-6(13)10(14)19-7/h4H,3H2,1-2H3. The number of esters is 1. The highest BCUT2D eigenvalue weighted by molar-refractivity contribution is 9.13. The number of Topliss-reactive ketones (excluding diaryl/α,β-unsaturated/α-hetero) is 1. The number of halogens is 2. The molecule has 106 valence electrons. The molecule has 0 fully saturated rings. The Labute approximate surface area is 135 Å². The molecule has 0 saturated heterocycles. The van der Waals surface area contributed by atoms with Gasteiger partial charge in [-0.2, -0.15) is 0 Å². The van der Waals surface area contributed by atoms with Crippen LogP contribution < -0.4 is 0 Å². The van der Waals surface area contributed by atoms with Crippen molar-refractivity contribution in [2.45, 2.75) is 13.8 Å². The van der Waals surface area contributed by atoms with E-state index >= 15 is 0 Å². The van der Waals surface area contributed by atoms with Crippen molar-refractivity contribution >= 4 is 54.9 Å². The van der Waals surface area contributed by atoms with Gasteiger partial charge in [-0.1, -0.05) is 0 Å². The number of carbonyl (C=O) groups is 2. The molecule has 0 spiro atoms. The van der Waals surface area contributed by atoms with E-state index in [9.17, 15) is 9.59 Å². The van der Waals surface area contributed by atoms with E-state index in [0.29, 0.717) is 15.4 Å². The quantitative estimate of drug-likeness (QED) is 0.542. The van der Waals surface area contributed by atoms with E-state index in [1.54, 1.807) is 13.0 Å². The SMILES string of the molecule is CCOC(=O)c1nc(-c2cc(Br)c(Br)o2)sc1C(C)=O. The van der Waals surface area contributed by atoms with Crippen molar-refractivity contribution in [3.8, 4) is 10.8 Å². The molecular weight excluding hydrogens is 414 g/mol. The summed E-state index contributed by atoms with van der Waals surface area (Å²) in [7, 11) is 0. The molecule has 0 aromatic carbocycles. The van der Waals surface area contributed by atoms with Crippen LogP contribution in [0.2, 0.25) is 0 Å². The number of thiazole rings is 1. The topological polar surface area (TPSA) is 69.4 Å². The van der Waals surface area contributed by atoms with E-state index in [-0.39, 0.29) is 23.0 Å². The second-order valence-electron chi connectivity index (χ2n) is 3.71. The molecule has 0 unspecified atom stereocenters. The zero-order valence-corrected chi connectivity index (χ0v) is 14.5. The molecule has 20 heavy (non-hydrogen) atoms. The number of hydrogen-bond acceptors (Lipinski definition) is 6. The lowest BCUT2D eigenvalue weighted by atomic mass is 10.3. The molecule has 5 nitrogen and oxygen atoms in total. The summed E-state index contributed by atoms with van der Waals surface area (Å²) >= 11 is 7.63. The Morgan fingerprint density at radius 1 is 1.45 bits per heavy atom. The number of carbonyl (C=O) groups excluding carboxylic acids is 2. The molecule has 0 aliphatic heterocycles. The van der Waals surface area contributed by atoms with Crippen molar-refractivity contribution in [3.63, 3.8) is 0 Å². The molecule has 8 heteroatoms. The van der Waals surface area contributed by atoms with Crippen molar-refractivity contribution < 1.29 is 18.7 Å². The minimum absolute atomic E-state index is 0.0306. The Morgan fingerprint density at radius 2 is 2.15 bits per heavy atom. The number of ketones is 1. The first-order chi connectivity index (χ1) is 9.43. The molecule has 2 rings (SSSR count). The minimum Gasteiger partial charge on any atom is -0.461 e. The summed E-state index contributed by atoms with van der Waals surface area (Å²) in [4.78, 5) is 27.8. The zero-order chi connectivity index (χ0) is 14.9. The average molecular weight is 423 g/mol. The summed E-state index contributed by atoms with van der Waals surface area (Å²) in [5.41, 5.74) is 0.0306. The molecule has 0 aliphatic carbocycles. The maximum atomic E-state index is 11.8. The van der Waals surface area contributed by atoms with Crippen LogP contribution >= 0.6 is 43.2 Å². The third-order valence-corrected chi connectivity index (χ3v) is 5.15. The predicted molar refractivity (Wildman–Crippen MR) is 81.2 cm³/mol. The number of hydrogen-bond donors (Lipinski definition) is 0. The third-order valence-electron chi connectivity index (χ3n) is 2.27. The lowest BCUT2D eigenvalue weighted by Crippen LogP contribution is -2.09. The molecule has 2 heterocycles. The van der Waals surface area contributed by atoms with Gasteiger partial charge in [-0.05, 0) is 38.8 Å². The van der Waals surface area contributed by atoms with Gasteiger partial charge in [0, 0.05) is 13.0 Å². The molecule has 0 bridgehead atoms. The zero-order valence-electron chi connectivity index (χ0n) is 10.5. The van der Waals surface area contributed by atoms with Gasteiger partial charge in [-0.3, -0.25) is 4.79 Å². The van der Waals surface area contributed by atoms with E-state index in [4.69, 9.17) is 9.15 Å². The first-order valence-corrected chi connectivity index (χ1v) is 7.98. The average Bonchev–Trinajstić information content (AvgIpc) is 2.95. The second kappa shape index (κ2) is 6.19. The summed E-state index contributed by atoms with van der Waals surface area (Å²) in [6.07, 6.45) is 0. The van der Waals surface area contributed by atoms with E-state index < -0.39 is 5.97 Å². The van der Waals surface area contributed by atoms with Crippen LogP contribution in [0.3, 0.4) is 0 Å². The summed E-state index contributed by atoms with van der Waals surface area (Å²) in [5.74, 6) is -0.377. The molecule has 0 radical (unpaired) electrons. The van der Waals surface area contributed by atoms with Gasteiger partial charge in [-0.15, -0.1) is 11.3 Å². The second-order valence-corrected chi connectivity index (χ2v) is 6.28. The van der Waals surface area contributed by atoms with Crippen LogP contribution in [0.1, 0.15) is 34.0 Å². The lowest BCUT2D eigenvalue weighted by Gasteiger charge is -1.98. The third kappa shape index (κ3) is 3.02. The van der Waals surface area contributed by atoms with Crippen molar-refractivity contribution in [2.75, 3.05) is 6.61 Å². The van der Waals surface area contributed by atoms with Crippen molar-refractivity contribution in [1.29, 1.82) is 0 Å². The summed E-state index contributed by atoms with van der Waals surface area (Å²) in [6, 6.07) is 1.71. The maximum absolute atomic E-state index is 11.8. The Morgan fingerprint density at radius 3 is 2.65 bits per heavy atom. The molecule has 2 aromatic heterocycles. The van der Waals surface area contributed by atoms with Gasteiger partial charge in [0.2, 0.25) is 0 Å². The smallest absolute Gasteiger partial charge is 0.358 e. The van der Waals surface area contributed by atoms with Crippen LogP contribution in [0.4, 0.5) is 0 Å². The van der Waals surface area contributed by atoms with E-state index in [2.05, 4.69) is 36.8 Å². The van der Waals surface area contributed by atoms with Crippen molar-refractivity contribution in [2.24, 2.45) is 0 Å². The first-order valence-electron chi connectivity index (χ1n) is 5.58. The highest BCUT2D eigenvalue weighted by Crippen LogP contribution is 2.36. The van der Waals surface area contributed by atoms with Crippen LogP contribution in [0.25, 0.3) is 10.8 Å². The Balaban J connectivity index is 2.49. The van der Waals surface area contributed by atoms with E-state index in [1.165, 1.54) is 6.92 Å². The molecular formula is C12H9Br2NO4S. The Bertz CT molecular complexity index is 658. The molecule has 0 amide bonds. The highest BCUT2D eigenvalue weighted by Gasteiger charge is 2.24. The largest absolute Gasteiger partial charge is 0.461 e. The molecule has 0 atom stereocenters. The van der Waals surface area contributed by atoms with Gasteiger partial charge in [0.25, 0.3) is 0 Å². The number of furan rings is 1. The van der Waals surface area contributed by atoms with Gasteiger partial charge >= 0.3 is 5.97 Å². The summed E-state index contributed by atoms with van der Waals surface area (Å²) in [5, 5.41) is 0.449. The first kappa shape index (κ1) is 15.4. The molecule has 0 N–H and O–H groups in total. The lowest BCUT2D eigenvalue weighted by molar-refractivity contribution is 0.0517. The van der Waals surface area contributed by atoms with Gasteiger partial charge in [0.05, 0.1) is 11.1 Å². The fraction of sp³-hybridized carbons (Fsp3) is 0.250. The monoisotopic (exact) mass is 421 g/mol. The van der Waals surface area contributed by atoms with Crippen molar-refractivity contribution in [1.82, 2.24) is 4.98 Å². The van der Waals surface area contributed by atoms with Gasteiger partial charge < -0.3 is 9.15 Å². The fourth-order valence-corrected chi connectivity index (χ4v) is 2.93. The van der Waals surface area contributed by atoms with E-state index in [1.807, 2.05) is 0 Å². The Hall–Kier alpha value is -0.990. The van der Waals surface area contributed by atoms with Crippen LogP contribution in [0.15, 0.2) is 19.6 Å². The highest BCUT2D eigenvalue weighted by atomic mass is 79.9. The Kier molecular flexibility index (Phi) is 4.77. The van der Waals surface area contributed by atoms with Crippen LogP contribution in [-0.2, 0) is 4.74 Å². The van der Waals surface area contributed by atoms with E-state index in [0.717, 1.165) is 15.8 Å². The normalized spacial score (nSPS) is 10.6. The molecule has 2 aromatic rings. The van der Waals surface area contributed by atoms with Crippen molar-refractivity contribution in [3.05, 3.63) is 25.8 Å². The van der Waals surface area contributed by atoms with Gasteiger partial charge in [0.1, 0.15) is 4.88 Å². The fourth-order valence-electron chi connectivity index (χ4n) is 1.45. The van der Waals surface area contributed by atoms with Crippen LogP contribution in [-0.4, -0.2) is 23.3 Å². The van der Waals surface area contributed by atoms with Crippen LogP contribution in [0.5, 0.6) is 0 Å². The van der Waals surface area contributed by atoms with Crippen LogP contribution in [0, 0.1) is 0 Å². The number of nitrogens with zero attached hydrogens (tertiary/aromatic N) is 1.